The lowest BCUT2D eigenvalue weighted by Crippen LogP contribution is -2.42. The van der Waals surface area contributed by atoms with Crippen LogP contribution in [0.25, 0.3) is 0 Å². The molecule has 0 unspecified atom stereocenters. The summed E-state index contributed by atoms with van der Waals surface area (Å²) in [4.78, 5) is 23.8. The first-order chi connectivity index (χ1) is 10.9. The Morgan fingerprint density at radius 3 is 2.48 bits per heavy atom. The molecule has 7 heteroatoms. The van der Waals surface area contributed by atoms with Gasteiger partial charge < -0.3 is 14.8 Å². The van der Waals surface area contributed by atoms with Gasteiger partial charge >= 0.3 is 11.9 Å². The summed E-state index contributed by atoms with van der Waals surface area (Å²) in [5.74, 6) is -0.272. The van der Waals surface area contributed by atoms with E-state index in [1.165, 1.54) is 25.6 Å². The van der Waals surface area contributed by atoms with Crippen LogP contribution in [0.2, 0.25) is 0 Å². The van der Waals surface area contributed by atoms with E-state index in [0.717, 1.165) is 17.2 Å². The van der Waals surface area contributed by atoms with E-state index in [9.17, 15) is 9.59 Å². The van der Waals surface area contributed by atoms with Crippen molar-refractivity contribution in [2.45, 2.75) is 24.2 Å². The van der Waals surface area contributed by atoms with Crippen LogP contribution in [0.3, 0.4) is 0 Å². The number of rotatable bonds is 3. The van der Waals surface area contributed by atoms with Crippen LogP contribution >= 0.6 is 23.5 Å². The fourth-order valence-electron chi connectivity index (χ4n) is 2.26. The van der Waals surface area contributed by atoms with E-state index in [1.54, 1.807) is 0 Å². The van der Waals surface area contributed by atoms with Crippen molar-refractivity contribution in [3.63, 3.8) is 0 Å². The molecule has 23 heavy (non-hydrogen) atoms. The van der Waals surface area contributed by atoms with Crippen molar-refractivity contribution in [1.82, 2.24) is 0 Å². The Hall–Kier alpha value is -1.60. The highest BCUT2D eigenvalue weighted by Gasteiger charge is 2.38. The van der Waals surface area contributed by atoms with Crippen LogP contribution in [-0.2, 0) is 19.1 Å². The predicted octanol–water partition coefficient (Wildman–Crippen LogP) is 3.30. The lowest BCUT2D eigenvalue weighted by Gasteiger charge is -2.29. The second-order valence-corrected chi connectivity index (χ2v) is 8.30. The van der Waals surface area contributed by atoms with Gasteiger partial charge in [0.15, 0.2) is 5.57 Å². The summed E-state index contributed by atoms with van der Waals surface area (Å²) in [5, 5.41) is 2.98. The number of anilines is 1. The Balaban J connectivity index is 1.73. The topological polar surface area (TPSA) is 64.6 Å². The maximum Gasteiger partial charge on any atom is 0.350 e. The first-order valence-electron chi connectivity index (χ1n) is 7.21. The first kappa shape index (κ1) is 16.3. The molecular weight excluding hydrogens is 334 g/mol. The molecule has 0 radical (unpaired) electrons. The molecule has 1 N–H and O–H groups in total. The Labute approximate surface area is 143 Å². The smallest absolute Gasteiger partial charge is 0.350 e. The van der Waals surface area contributed by atoms with E-state index in [4.69, 9.17) is 9.47 Å². The van der Waals surface area contributed by atoms with Gasteiger partial charge in [0.05, 0.1) is 4.58 Å². The second kappa shape index (κ2) is 6.49. The minimum Gasteiger partial charge on any atom is -0.419 e. The van der Waals surface area contributed by atoms with Crippen molar-refractivity contribution >= 4 is 41.1 Å². The van der Waals surface area contributed by atoms with Gasteiger partial charge in [-0.3, -0.25) is 0 Å². The van der Waals surface area contributed by atoms with Gasteiger partial charge in [0.2, 0.25) is 0 Å². The number of cyclic esters (lactones) is 2. The van der Waals surface area contributed by atoms with Crippen LogP contribution < -0.4 is 5.32 Å². The quantitative estimate of drug-likeness (QED) is 0.509. The van der Waals surface area contributed by atoms with Crippen LogP contribution in [0.5, 0.6) is 0 Å². The number of thioether (sulfide) groups is 2. The molecule has 2 fully saturated rings. The van der Waals surface area contributed by atoms with Crippen LogP contribution in [0.15, 0.2) is 36.0 Å². The van der Waals surface area contributed by atoms with Gasteiger partial charge in [0.25, 0.3) is 5.79 Å². The number of carbonyl (C=O) groups is 2. The van der Waals surface area contributed by atoms with E-state index in [0.29, 0.717) is 4.58 Å². The first-order valence-corrected chi connectivity index (χ1v) is 9.31. The van der Waals surface area contributed by atoms with Crippen LogP contribution in [-0.4, -0.2) is 29.2 Å². The van der Waals surface area contributed by atoms with Crippen molar-refractivity contribution < 1.29 is 19.1 Å². The summed E-state index contributed by atoms with van der Waals surface area (Å²) in [6.45, 7) is 3.04. The molecule has 2 heterocycles. The molecule has 122 valence electrons. The molecule has 5 nitrogen and oxygen atoms in total. The van der Waals surface area contributed by atoms with Crippen molar-refractivity contribution in [3.05, 3.63) is 41.6 Å². The zero-order chi connectivity index (χ0) is 16.4. The summed E-state index contributed by atoms with van der Waals surface area (Å²) < 4.78 is 10.5. The predicted molar refractivity (Wildman–Crippen MR) is 92.1 cm³/mol. The van der Waals surface area contributed by atoms with Gasteiger partial charge in [-0.1, -0.05) is 12.1 Å². The molecule has 2 aliphatic heterocycles. The van der Waals surface area contributed by atoms with E-state index < -0.39 is 17.7 Å². The molecule has 2 saturated heterocycles. The van der Waals surface area contributed by atoms with Crippen LogP contribution in [0, 0.1) is 0 Å². The average molecular weight is 351 g/mol. The number of hydrogen-bond acceptors (Lipinski definition) is 7. The molecule has 1 aromatic carbocycles. The Kier molecular flexibility index (Phi) is 4.59. The number of hydrogen-bond donors (Lipinski definition) is 1. The van der Waals surface area contributed by atoms with E-state index in [2.05, 4.69) is 11.4 Å². The molecule has 0 aliphatic carbocycles. The summed E-state index contributed by atoms with van der Waals surface area (Å²) in [6, 6.07) is 7.95. The van der Waals surface area contributed by atoms with Gasteiger partial charge in [-0.05, 0) is 17.7 Å². The highest BCUT2D eigenvalue weighted by Crippen LogP contribution is 2.45. The molecule has 0 spiro atoms. The molecule has 1 aromatic rings. The maximum atomic E-state index is 11.9. The van der Waals surface area contributed by atoms with Crippen molar-refractivity contribution in [3.8, 4) is 0 Å². The third-order valence-corrected chi connectivity index (χ3v) is 6.38. The number of nitrogens with one attached hydrogen (secondary N) is 1. The molecule has 0 amide bonds. The third-order valence-electron chi connectivity index (χ3n) is 3.28. The molecule has 3 rings (SSSR count). The second-order valence-electron chi connectivity index (χ2n) is 5.58. The Bertz CT molecular complexity index is 644. The zero-order valence-electron chi connectivity index (χ0n) is 12.8. The van der Waals surface area contributed by atoms with Crippen molar-refractivity contribution in [1.29, 1.82) is 0 Å². The van der Waals surface area contributed by atoms with Crippen LogP contribution in [0.4, 0.5) is 5.69 Å². The molecule has 2 aliphatic rings. The number of carbonyl (C=O) groups excluding carboxylic acids is 2. The minimum atomic E-state index is -1.22. The Morgan fingerprint density at radius 1 is 1.17 bits per heavy atom. The summed E-state index contributed by atoms with van der Waals surface area (Å²) in [6.07, 6.45) is 1.34. The normalized spacial score (nSPS) is 20.9. The van der Waals surface area contributed by atoms with Gasteiger partial charge in [0, 0.05) is 37.2 Å². The number of esters is 2. The van der Waals surface area contributed by atoms with E-state index >= 15 is 0 Å². The van der Waals surface area contributed by atoms with Crippen molar-refractivity contribution in [2.24, 2.45) is 0 Å². The molecule has 0 aromatic heterocycles. The Morgan fingerprint density at radius 2 is 1.83 bits per heavy atom. The van der Waals surface area contributed by atoms with E-state index in [-0.39, 0.29) is 5.57 Å². The molecule has 0 saturated carbocycles. The summed E-state index contributed by atoms with van der Waals surface area (Å²) in [7, 11) is 0. The van der Waals surface area contributed by atoms with Gasteiger partial charge in [-0.15, -0.1) is 23.5 Å². The molecule has 0 atom stereocenters. The molecule has 0 bridgehead atoms. The fourth-order valence-corrected chi connectivity index (χ4v) is 5.10. The standard InChI is InChI=1S/C16H17NO4S2/c1-16(2)20-13(18)12(14(19)21-16)9-17-11-5-3-4-10(8-11)15-22-6-7-23-15/h3-5,8-9,15,17H,6-7H2,1-2H3. The summed E-state index contributed by atoms with van der Waals surface area (Å²) in [5.41, 5.74) is 1.89. The van der Waals surface area contributed by atoms with E-state index in [1.807, 2.05) is 41.7 Å². The average Bonchev–Trinajstić information content (AvgIpc) is 2.99. The SMILES string of the molecule is CC1(C)OC(=O)C(=CNc2cccc(C3SCCS3)c2)C(=O)O1. The number of benzene rings is 1. The van der Waals surface area contributed by atoms with Gasteiger partial charge in [-0.2, -0.15) is 0 Å². The number of ether oxygens (including phenoxy) is 2. The highest BCUT2D eigenvalue weighted by atomic mass is 32.2. The third kappa shape index (κ3) is 3.84. The van der Waals surface area contributed by atoms with Crippen molar-refractivity contribution in [2.75, 3.05) is 16.8 Å². The van der Waals surface area contributed by atoms with Gasteiger partial charge in [-0.25, -0.2) is 9.59 Å². The zero-order valence-corrected chi connectivity index (χ0v) is 14.5. The lowest BCUT2D eigenvalue weighted by molar-refractivity contribution is -0.222. The summed E-state index contributed by atoms with van der Waals surface area (Å²) >= 11 is 3.84. The highest BCUT2D eigenvalue weighted by molar-refractivity contribution is 8.19. The monoisotopic (exact) mass is 351 g/mol. The lowest BCUT2D eigenvalue weighted by atomic mass is 10.2. The maximum absolute atomic E-state index is 11.9. The van der Waals surface area contributed by atoms with Crippen LogP contribution in [0.1, 0.15) is 24.0 Å². The minimum absolute atomic E-state index is 0.139. The van der Waals surface area contributed by atoms with Gasteiger partial charge in [0.1, 0.15) is 0 Å². The largest absolute Gasteiger partial charge is 0.419 e. The molecular formula is C16H17NO4S2. The fraction of sp³-hybridized carbons (Fsp3) is 0.375.